The number of carbonyl (C=O) groups excluding carboxylic acids is 1. The Morgan fingerprint density at radius 3 is 2.74 bits per heavy atom. The highest BCUT2D eigenvalue weighted by Crippen LogP contribution is 2.11. The highest BCUT2D eigenvalue weighted by molar-refractivity contribution is 5.94. The van der Waals surface area contributed by atoms with Crippen LogP contribution in [0.5, 0.6) is 0 Å². The molecule has 0 aromatic heterocycles. The molecule has 0 spiro atoms. The number of amides is 1. The number of hydrogen-bond donors (Lipinski definition) is 2. The van der Waals surface area contributed by atoms with E-state index in [1.165, 1.54) is 24.4 Å². The smallest absolute Gasteiger partial charge is 0.328 e. The van der Waals surface area contributed by atoms with E-state index in [1.807, 2.05) is 5.43 Å². The number of hydrogen-bond acceptors (Lipinski definition) is 5. The van der Waals surface area contributed by atoms with Crippen LogP contribution in [0.2, 0.25) is 0 Å². The second-order valence-electron chi connectivity index (χ2n) is 3.26. The third-order valence-corrected chi connectivity index (χ3v) is 1.85. The number of hydrazone groups is 1. The largest absolute Gasteiger partial charge is 0.478 e. The number of carbonyl (C=O) groups is 2. The van der Waals surface area contributed by atoms with Gasteiger partial charge in [0.1, 0.15) is 0 Å². The third-order valence-electron chi connectivity index (χ3n) is 1.85. The summed E-state index contributed by atoms with van der Waals surface area (Å²) in [6, 6.07) is 5.65. The van der Waals surface area contributed by atoms with Crippen molar-refractivity contribution in [2.45, 2.75) is 0 Å². The molecule has 0 fully saturated rings. The first-order valence-electron chi connectivity index (χ1n) is 4.97. The van der Waals surface area contributed by atoms with Gasteiger partial charge in [-0.2, -0.15) is 5.10 Å². The van der Waals surface area contributed by atoms with Crippen molar-refractivity contribution in [3.05, 3.63) is 52.1 Å². The predicted molar refractivity (Wildman–Crippen MR) is 65.6 cm³/mol. The molecule has 0 aliphatic carbocycles. The highest BCUT2D eigenvalue weighted by Gasteiger charge is 2.03. The van der Waals surface area contributed by atoms with E-state index in [1.54, 1.807) is 6.07 Å². The normalized spacial score (nSPS) is 10.7. The second-order valence-corrected chi connectivity index (χ2v) is 3.26. The first kappa shape index (κ1) is 14.0. The van der Waals surface area contributed by atoms with Crippen molar-refractivity contribution in [3.63, 3.8) is 0 Å². The zero-order chi connectivity index (χ0) is 14.3. The van der Waals surface area contributed by atoms with Crippen LogP contribution in [0.15, 0.2) is 41.5 Å². The number of carboxylic acid groups (broad SMARTS) is 1. The molecule has 0 unspecified atom stereocenters. The average Bonchev–Trinajstić information content (AvgIpc) is 2.36. The molecule has 0 atom stereocenters. The minimum Gasteiger partial charge on any atom is -0.478 e. The fourth-order valence-corrected chi connectivity index (χ4v) is 1.07. The number of nitro groups is 1. The second kappa shape index (κ2) is 6.64. The number of aliphatic carboxylic acids is 1. The molecule has 1 amide bonds. The van der Waals surface area contributed by atoms with Gasteiger partial charge in [-0.15, -0.1) is 0 Å². The Bertz CT molecular complexity index is 565. The third kappa shape index (κ3) is 5.22. The fourth-order valence-electron chi connectivity index (χ4n) is 1.07. The lowest BCUT2D eigenvalue weighted by Crippen LogP contribution is -2.14. The van der Waals surface area contributed by atoms with Gasteiger partial charge in [0.2, 0.25) is 0 Å². The van der Waals surface area contributed by atoms with E-state index >= 15 is 0 Å². The molecule has 19 heavy (non-hydrogen) atoms. The van der Waals surface area contributed by atoms with Gasteiger partial charge in [-0.3, -0.25) is 14.9 Å². The quantitative estimate of drug-likeness (QED) is 0.350. The molecule has 1 rings (SSSR count). The summed E-state index contributed by atoms with van der Waals surface area (Å²) in [7, 11) is 0. The first-order valence-corrected chi connectivity index (χ1v) is 4.97. The zero-order valence-electron chi connectivity index (χ0n) is 9.52. The van der Waals surface area contributed by atoms with E-state index in [2.05, 4.69) is 5.10 Å². The fraction of sp³-hybridized carbons (Fsp3) is 0. The number of rotatable bonds is 5. The molecule has 1 aromatic rings. The maximum Gasteiger partial charge on any atom is 0.328 e. The van der Waals surface area contributed by atoms with Crippen LogP contribution in [0, 0.1) is 10.1 Å². The van der Waals surface area contributed by atoms with Crippen LogP contribution in [-0.4, -0.2) is 28.1 Å². The first-order chi connectivity index (χ1) is 8.99. The van der Waals surface area contributed by atoms with E-state index in [-0.39, 0.29) is 5.69 Å². The number of carboxylic acids is 1. The lowest BCUT2D eigenvalue weighted by molar-refractivity contribution is -0.384. The summed E-state index contributed by atoms with van der Waals surface area (Å²) in [5.74, 6) is -1.97. The molecule has 0 aliphatic rings. The molecule has 0 bridgehead atoms. The number of nitrogens with one attached hydrogen (secondary N) is 1. The Hall–Kier alpha value is -3.03. The van der Waals surface area contributed by atoms with Crippen molar-refractivity contribution in [3.8, 4) is 0 Å². The minimum absolute atomic E-state index is 0.0963. The molecule has 0 radical (unpaired) electrons. The van der Waals surface area contributed by atoms with Crippen molar-refractivity contribution < 1.29 is 19.6 Å². The van der Waals surface area contributed by atoms with Crippen LogP contribution in [0.3, 0.4) is 0 Å². The molecular formula is C11H9N3O5. The lowest BCUT2D eigenvalue weighted by atomic mass is 10.2. The van der Waals surface area contributed by atoms with Crippen LogP contribution in [0.1, 0.15) is 5.56 Å². The van der Waals surface area contributed by atoms with Crippen molar-refractivity contribution >= 4 is 23.8 Å². The average molecular weight is 263 g/mol. The Morgan fingerprint density at radius 1 is 1.37 bits per heavy atom. The summed E-state index contributed by atoms with van der Waals surface area (Å²) >= 11 is 0. The van der Waals surface area contributed by atoms with E-state index in [9.17, 15) is 19.7 Å². The SMILES string of the molecule is O=C(O)C=CC(=O)NN=Cc1cccc([N+](=O)[O-])c1. The molecule has 0 aliphatic heterocycles. The Kier molecular flexibility index (Phi) is 4.91. The van der Waals surface area contributed by atoms with Crippen LogP contribution >= 0.6 is 0 Å². The van der Waals surface area contributed by atoms with E-state index in [0.717, 1.165) is 6.08 Å². The van der Waals surface area contributed by atoms with E-state index < -0.39 is 16.8 Å². The maximum atomic E-state index is 11.0. The molecule has 2 N–H and O–H groups in total. The van der Waals surface area contributed by atoms with Crippen molar-refractivity contribution in [1.29, 1.82) is 0 Å². The number of non-ortho nitro benzene ring substituents is 1. The van der Waals surface area contributed by atoms with Gasteiger partial charge in [-0.1, -0.05) is 12.1 Å². The Morgan fingerprint density at radius 2 is 2.11 bits per heavy atom. The van der Waals surface area contributed by atoms with Crippen LogP contribution in [0.4, 0.5) is 5.69 Å². The van der Waals surface area contributed by atoms with E-state index in [4.69, 9.17) is 5.11 Å². The summed E-state index contributed by atoms with van der Waals surface area (Å²) < 4.78 is 0. The zero-order valence-corrected chi connectivity index (χ0v) is 9.52. The van der Waals surface area contributed by atoms with Gasteiger partial charge in [-0.25, -0.2) is 10.2 Å². The Labute approximate surface area is 107 Å². The van der Waals surface area contributed by atoms with Gasteiger partial charge in [0, 0.05) is 29.8 Å². The summed E-state index contributed by atoms with van der Waals surface area (Å²) in [5, 5.41) is 22.3. The number of nitro benzene ring substituents is 1. The summed E-state index contributed by atoms with van der Waals surface area (Å²) in [5.41, 5.74) is 2.38. The molecule has 98 valence electrons. The minimum atomic E-state index is -1.25. The van der Waals surface area contributed by atoms with Gasteiger partial charge in [0.15, 0.2) is 0 Å². The molecular weight excluding hydrogens is 254 g/mol. The van der Waals surface area contributed by atoms with Crippen LogP contribution in [-0.2, 0) is 9.59 Å². The van der Waals surface area contributed by atoms with Gasteiger partial charge in [-0.05, 0) is 0 Å². The number of benzene rings is 1. The molecule has 8 nitrogen and oxygen atoms in total. The van der Waals surface area contributed by atoms with Crippen molar-refractivity contribution in [2.75, 3.05) is 0 Å². The molecule has 0 saturated heterocycles. The standard InChI is InChI=1S/C11H9N3O5/c15-10(4-5-11(16)17)13-12-7-8-2-1-3-9(6-8)14(18)19/h1-7H,(H,13,15)(H,16,17). The number of nitrogens with zero attached hydrogens (tertiary/aromatic N) is 2. The van der Waals surface area contributed by atoms with Gasteiger partial charge in [0.25, 0.3) is 11.6 Å². The van der Waals surface area contributed by atoms with Crippen LogP contribution < -0.4 is 5.43 Å². The maximum absolute atomic E-state index is 11.0. The molecule has 1 aromatic carbocycles. The summed E-state index contributed by atoms with van der Waals surface area (Å²) in [4.78, 5) is 31.1. The topological polar surface area (TPSA) is 122 Å². The summed E-state index contributed by atoms with van der Waals surface area (Å²) in [6.45, 7) is 0. The molecule has 0 heterocycles. The van der Waals surface area contributed by atoms with Gasteiger partial charge >= 0.3 is 5.97 Å². The van der Waals surface area contributed by atoms with Crippen LogP contribution in [0.25, 0.3) is 0 Å². The molecule has 8 heteroatoms. The van der Waals surface area contributed by atoms with E-state index in [0.29, 0.717) is 11.6 Å². The summed E-state index contributed by atoms with van der Waals surface area (Å²) in [6.07, 6.45) is 2.67. The lowest BCUT2D eigenvalue weighted by Gasteiger charge is -1.94. The van der Waals surface area contributed by atoms with Gasteiger partial charge < -0.3 is 5.11 Å². The Balaban J connectivity index is 2.62. The van der Waals surface area contributed by atoms with Crippen molar-refractivity contribution in [2.24, 2.45) is 5.10 Å². The predicted octanol–water partition coefficient (Wildman–Crippen LogP) is 0.686. The van der Waals surface area contributed by atoms with Gasteiger partial charge in [0.05, 0.1) is 11.1 Å². The monoisotopic (exact) mass is 263 g/mol. The van der Waals surface area contributed by atoms with Crippen molar-refractivity contribution in [1.82, 2.24) is 5.43 Å². The highest BCUT2D eigenvalue weighted by atomic mass is 16.6. The molecule has 0 saturated carbocycles.